The van der Waals surface area contributed by atoms with Crippen LogP contribution in [-0.2, 0) is 17.5 Å². The number of amides is 1. The van der Waals surface area contributed by atoms with Gasteiger partial charge < -0.3 is 14.6 Å². The Balaban J connectivity index is 1.60. The Hall–Kier alpha value is -2.68. The van der Waals surface area contributed by atoms with Crippen molar-refractivity contribution < 1.29 is 22.7 Å². The van der Waals surface area contributed by atoms with Crippen LogP contribution in [0.2, 0.25) is 0 Å². The van der Waals surface area contributed by atoms with Crippen LogP contribution in [0.3, 0.4) is 0 Å². The number of alkyl halides is 3. The first-order valence-electron chi connectivity index (χ1n) is 9.40. The van der Waals surface area contributed by atoms with Gasteiger partial charge in [0, 0.05) is 37.7 Å². The number of pyridine rings is 2. The Morgan fingerprint density at radius 2 is 2.07 bits per heavy atom. The number of rotatable bonds is 7. The van der Waals surface area contributed by atoms with Crippen LogP contribution < -0.4 is 10.9 Å². The average molecular weight is 409 g/mol. The largest absolute Gasteiger partial charge is 0.433 e. The zero-order valence-corrected chi connectivity index (χ0v) is 15.9. The van der Waals surface area contributed by atoms with E-state index in [2.05, 4.69) is 10.3 Å². The standard InChI is InChI=1S/C20H22F3N3O3/c1-2-29-9-8-26-12-13(5-6-17(26)27)19(28)25-15-10-14(11-15)16-4-3-7-24-18(16)20(21,22)23/h3-7,12,14-15H,2,8-11H2,1H3,(H,25,28). The highest BCUT2D eigenvalue weighted by molar-refractivity contribution is 5.94. The monoisotopic (exact) mass is 409 g/mol. The summed E-state index contributed by atoms with van der Waals surface area (Å²) < 4.78 is 46.0. The summed E-state index contributed by atoms with van der Waals surface area (Å²) in [5, 5.41) is 2.82. The summed E-state index contributed by atoms with van der Waals surface area (Å²) in [5.74, 6) is -0.661. The maximum Gasteiger partial charge on any atom is 0.433 e. The van der Waals surface area contributed by atoms with E-state index >= 15 is 0 Å². The Bertz CT molecular complexity index is 921. The number of carbonyl (C=O) groups is 1. The topological polar surface area (TPSA) is 73.2 Å². The predicted octanol–water partition coefficient (Wildman–Crippen LogP) is 2.97. The van der Waals surface area contributed by atoms with Gasteiger partial charge in [0.15, 0.2) is 0 Å². The van der Waals surface area contributed by atoms with Crippen LogP contribution >= 0.6 is 0 Å². The van der Waals surface area contributed by atoms with E-state index in [0.717, 1.165) is 6.20 Å². The normalized spacial score (nSPS) is 18.9. The molecule has 2 aromatic heterocycles. The molecule has 0 aromatic carbocycles. The van der Waals surface area contributed by atoms with E-state index in [1.54, 1.807) is 0 Å². The molecule has 2 aromatic rings. The maximum atomic E-state index is 13.1. The SMILES string of the molecule is CCOCCn1cc(C(=O)NC2CC(c3cccnc3C(F)(F)F)C2)ccc1=O. The molecule has 9 heteroatoms. The molecule has 1 saturated carbocycles. The van der Waals surface area contributed by atoms with Crippen LogP contribution in [0.25, 0.3) is 0 Å². The quantitative estimate of drug-likeness (QED) is 0.714. The molecule has 1 aliphatic carbocycles. The Morgan fingerprint density at radius 1 is 1.31 bits per heavy atom. The van der Waals surface area contributed by atoms with Crippen molar-refractivity contribution in [3.8, 4) is 0 Å². The third-order valence-corrected chi connectivity index (χ3v) is 4.95. The lowest BCUT2D eigenvalue weighted by Gasteiger charge is -2.37. The number of nitrogens with one attached hydrogen (secondary N) is 1. The van der Waals surface area contributed by atoms with Gasteiger partial charge in [0.1, 0.15) is 5.69 Å². The van der Waals surface area contributed by atoms with Crippen molar-refractivity contribution in [1.82, 2.24) is 14.9 Å². The second-order valence-electron chi connectivity index (χ2n) is 6.92. The predicted molar refractivity (Wildman–Crippen MR) is 99.7 cm³/mol. The van der Waals surface area contributed by atoms with Crippen molar-refractivity contribution in [2.75, 3.05) is 13.2 Å². The lowest BCUT2D eigenvalue weighted by molar-refractivity contribution is -0.142. The second-order valence-corrected chi connectivity index (χ2v) is 6.92. The summed E-state index contributed by atoms with van der Waals surface area (Å²) in [4.78, 5) is 27.8. The van der Waals surface area contributed by atoms with Gasteiger partial charge >= 0.3 is 6.18 Å². The van der Waals surface area contributed by atoms with E-state index < -0.39 is 11.9 Å². The van der Waals surface area contributed by atoms with Crippen LogP contribution in [0.1, 0.15) is 47.3 Å². The molecule has 3 rings (SSSR count). The van der Waals surface area contributed by atoms with E-state index in [9.17, 15) is 22.8 Å². The van der Waals surface area contributed by atoms with Crippen molar-refractivity contribution in [2.45, 2.75) is 44.4 Å². The molecular weight excluding hydrogens is 387 g/mol. The van der Waals surface area contributed by atoms with Gasteiger partial charge in [-0.2, -0.15) is 13.2 Å². The number of ether oxygens (including phenoxy) is 1. The van der Waals surface area contributed by atoms with Gasteiger partial charge in [-0.15, -0.1) is 0 Å². The van der Waals surface area contributed by atoms with Gasteiger partial charge in [-0.25, -0.2) is 0 Å². The highest BCUT2D eigenvalue weighted by Crippen LogP contribution is 2.42. The third kappa shape index (κ3) is 5.03. The average Bonchev–Trinajstić information content (AvgIpc) is 2.65. The number of aromatic nitrogens is 2. The number of carbonyl (C=O) groups excluding carboxylic acids is 1. The number of nitrogens with zero attached hydrogens (tertiary/aromatic N) is 2. The van der Waals surface area contributed by atoms with Crippen LogP contribution in [0.15, 0.2) is 41.5 Å². The van der Waals surface area contributed by atoms with E-state index in [-0.39, 0.29) is 29.0 Å². The van der Waals surface area contributed by atoms with Crippen LogP contribution in [0, 0.1) is 0 Å². The molecule has 1 amide bonds. The smallest absolute Gasteiger partial charge is 0.380 e. The molecule has 29 heavy (non-hydrogen) atoms. The van der Waals surface area contributed by atoms with Gasteiger partial charge in [0.25, 0.3) is 11.5 Å². The third-order valence-electron chi connectivity index (χ3n) is 4.95. The van der Waals surface area contributed by atoms with Gasteiger partial charge in [-0.1, -0.05) is 6.07 Å². The minimum absolute atomic E-state index is 0.162. The van der Waals surface area contributed by atoms with Crippen molar-refractivity contribution in [3.63, 3.8) is 0 Å². The maximum absolute atomic E-state index is 13.1. The summed E-state index contributed by atoms with van der Waals surface area (Å²) in [6.45, 7) is 3.07. The summed E-state index contributed by atoms with van der Waals surface area (Å²) in [5.41, 5.74) is -0.616. The lowest BCUT2D eigenvalue weighted by atomic mass is 9.75. The van der Waals surface area contributed by atoms with Gasteiger partial charge in [-0.05, 0) is 43.4 Å². The minimum Gasteiger partial charge on any atom is -0.380 e. The molecule has 0 bridgehead atoms. The van der Waals surface area contributed by atoms with Gasteiger partial charge in [0.2, 0.25) is 0 Å². The molecule has 6 nitrogen and oxygen atoms in total. The van der Waals surface area contributed by atoms with Crippen LogP contribution in [0.5, 0.6) is 0 Å². The number of hydrogen-bond donors (Lipinski definition) is 1. The number of halogens is 3. The molecule has 156 valence electrons. The summed E-state index contributed by atoms with van der Waals surface area (Å²) in [7, 11) is 0. The fourth-order valence-corrected chi connectivity index (χ4v) is 3.39. The molecule has 0 atom stereocenters. The van der Waals surface area contributed by atoms with E-state index in [1.165, 1.54) is 35.0 Å². The molecule has 0 radical (unpaired) electrons. The molecule has 1 fully saturated rings. The minimum atomic E-state index is -4.50. The first-order chi connectivity index (χ1) is 13.8. The van der Waals surface area contributed by atoms with Crippen molar-refractivity contribution >= 4 is 5.91 Å². The van der Waals surface area contributed by atoms with Gasteiger partial charge in [0.05, 0.1) is 12.2 Å². The van der Waals surface area contributed by atoms with Crippen molar-refractivity contribution in [1.29, 1.82) is 0 Å². The first-order valence-corrected chi connectivity index (χ1v) is 9.40. The molecular formula is C20H22F3N3O3. The molecule has 0 aliphatic heterocycles. The molecule has 0 spiro atoms. The zero-order valence-electron chi connectivity index (χ0n) is 15.9. The fraction of sp³-hybridized carbons (Fsp3) is 0.450. The lowest BCUT2D eigenvalue weighted by Crippen LogP contribution is -2.44. The molecule has 2 heterocycles. The fourth-order valence-electron chi connectivity index (χ4n) is 3.39. The summed E-state index contributed by atoms with van der Waals surface area (Å²) in [6.07, 6.45) is -1.09. The Morgan fingerprint density at radius 3 is 2.76 bits per heavy atom. The summed E-state index contributed by atoms with van der Waals surface area (Å²) >= 11 is 0. The van der Waals surface area contributed by atoms with E-state index in [0.29, 0.717) is 38.2 Å². The summed E-state index contributed by atoms with van der Waals surface area (Å²) in [6, 6.07) is 5.45. The zero-order chi connectivity index (χ0) is 21.0. The Kier molecular flexibility index (Phi) is 6.36. The second kappa shape index (κ2) is 8.77. The van der Waals surface area contributed by atoms with Crippen molar-refractivity contribution in [2.24, 2.45) is 0 Å². The Labute approximate surface area is 165 Å². The highest BCUT2D eigenvalue weighted by atomic mass is 19.4. The molecule has 1 N–H and O–H groups in total. The number of hydrogen-bond acceptors (Lipinski definition) is 4. The highest BCUT2D eigenvalue weighted by Gasteiger charge is 2.40. The molecule has 0 saturated heterocycles. The van der Waals surface area contributed by atoms with Gasteiger partial charge in [-0.3, -0.25) is 14.6 Å². The van der Waals surface area contributed by atoms with Crippen molar-refractivity contribution in [3.05, 3.63) is 63.8 Å². The van der Waals surface area contributed by atoms with Crippen LogP contribution in [-0.4, -0.2) is 34.7 Å². The first kappa shape index (κ1) is 21.0. The van der Waals surface area contributed by atoms with Crippen LogP contribution in [0.4, 0.5) is 13.2 Å². The van der Waals surface area contributed by atoms with E-state index in [1.807, 2.05) is 6.92 Å². The van der Waals surface area contributed by atoms with E-state index in [4.69, 9.17) is 4.74 Å². The molecule has 0 unspecified atom stereocenters. The molecule has 1 aliphatic rings.